The molecule has 0 bridgehead atoms. The van der Waals surface area contributed by atoms with E-state index in [1.165, 1.54) is 0 Å². The topological polar surface area (TPSA) is 53.7 Å². The maximum absolute atomic E-state index is 5.70. The van der Waals surface area contributed by atoms with Gasteiger partial charge in [0.15, 0.2) is 0 Å². The van der Waals surface area contributed by atoms with Crippen LogP contribution in [0.2, 0.25) is 0 Å². The molecule has 0 fully saturated rings. The Morgan fingerprint density at radius 2 is 1.56 bits per heavy atom. The molecule has 0 aliphatic carbocycles. The monoisotopic (exact) mass is 225 g/mol. The van der Waals surface area contributed by atoms with Gasteiger partial charge in [-0.1, -0.05) is 0 Å². The van der Waals surface area contributed by atoms with E-state index < -0.39 is 0 Å². The molecule has 4 heteroatoms. The Hall–Kier alpha value is -1.42. The van der Waals surface area contributed by atoms with Crippen molar-refractivity contribution in [3.63, 3.8) is 0 Å². The summed E-state index contributed by atoms with van der Waals surface area (Å²) in [5.41, 5.74) is 5.47. The Bertz CT molecular complexity index is 306. The minimum atomic E-state index is 0.0850. The van der Waals surface area contributed by atoms with Crippen LogP contribution in [-0.4, -0.2) is 26.9 Å². The van der Waals surface area contributed by atoms with Crippen molar-refractivity contribution in [2.24, 2.45) is 5.73 Å². The fourth-order valence-electron chi connectivity index (χ4n) is 1.38. The van der Waals surface area contributed by atoms with Crippen LogP contribution in [0.25, 0.3) is 0 Å². The van der Waals surface area contributed by atoms with Crippen LogP contribution >= 0.6 is 0 Å². The maximum Gasteiger partial charge on any atom is 0.127 e. The summed E-state index contributed by atoms with van der Waals surface area (Å²) in [6.07, 6.45) is 0.904. The van der Waals surface area contributed by atoms with Crippen LogP contribution in [0.1, 0.15) is 13.3 Å². The molecule has 0 saturated carbocycles. The van der Waals surface area contributed by atoms with E-state index in [4.69, 9.17) is 19.9 Å². The zero-order valence-electron chi connectivity index (χ0n) is 10.0. The summed E-state index contributed by atoms with van der Waals surface area (Å²) >= 11 is 0. The van der Waals surface area contributed by atoms with Crippen molar-refractivity contribution in [1.82, 2.24) is 0 Å². The Balaban J connectivity index is 2.78. The summed E-state index contributed by atoms with van der Waals surface area (Å²) in [6, 6.07) is 5.46. The molecular formula is C12H19NO3. The van der Waals surface area contributed by atoms with Crippen LogP contribution in [0, 0.1) is 0 Å². The summed E-state index contributed by atoms with van der Waals surface area (Å²) in [5.74, 6) is 2.17. The molecule has 16 heavy (non-hydrogen) atoms. The van der Waals surface area contributed by atoms with Gasteiger partial charge in [-0.25, -0.2) is 0 Å². The lowest BCUT2D eigenvalue weighted by molar-refractivity contribution is 0.212. The van der Waals surface area contributed by atoms with Gasteiger partial charge in [-0.3, -0.25) is 0 Å². The summed E-state index contributed by atoms with van der Waals surface area (Å²) in [5, 5.41) is 0. The Morgan fingerprint density at radius 3 is 2.00 bits per heavy atom. The van der Waals surface area contributed by atoms with E-state index in [0.717, 1.165) is 12.2 Å². The van der Waals surface area contributed by atoms with Crippen LogP contribution in [0.4, 0.5) is 0 Å². The van der Waals surface area contributed by atoms with Gasteiger partial charge >= 0.3 is 0 Å². The molecule has 0 radical (unpaired) electrons. The van der Waals surface area contributed by atoms with Crippen molar-refractivity contribution in [3.05, 3.63) is 18.2 Å². The summed E-state index contributed by atoms with van der Waals surface area (Å²) < 4.78 is 16.0. The normalized spacial score (nSPS) is 12.0. The second-order valence-corrected chi connectivity index (χ2v) is 3.55. The van der Waals surface area contributed by atoms with Crippen molar-refractivity contribution >= 4 is 0 Å². The molecule has 1 atom stereocenters. The van der Waals surface area contributed by atoms with E-state index >= 15 is 0 Å². The van der Waals surface area contributed by atoms with Gasteiger partial charge in [-0.15, -0.1) is 0 Å². The lowest BCUT2D eigenvalue weighted by Crippen LogP contribution is -2.16. The van der Waals surface area contributed by atoms with Crippen LogP contribution < -0.4 is 19.9 Å². The van der Waals surface area contributed by atoms with E-state index in [1.807, 2.05) is 19.1 Å². The molecule has 0 amide bonds. The quantitative estimate of drug-likeness (QED) is 0.802. The lowest BCUT2D eigenvalue weighted by atomic mass is 10.2. The highest BCUT2D eigenvalue weighted by atomic mass is 16.5. The first-order valence-electron chi connectivity index (χ1n) is 5.29. The van der Waals surface area contributed by atoms with Gasteiger partial charge in [-0.2, -0.15) is 0 Å². The number of nitrogens with two attached hydrogens (primary N) is 1. The molecule has 1 rings (SSSR count). The Kier molecular flexibility index (Phi) is 4.92. The third-order valence-corrected chi connectivity index (χ3v) is 2.24. The minimum Gasteiger partial charge on any atom is -0.496 e. The number of hydrogen-bond donors (Lipinski definition) is 1. The van der Waals surface area contributed by atoms with Crippen LogP contribution in [0.5, 0.6) is 17.2 Å². The van der Waals surface area contributed by atoms with Crippen molar-refractivity contribution in [1.29, 1.82) is 0 Å². The van der Waals surface area contributed by atoms with E-state index in [-0.39, 0.29) is 6.10 Å². The van der Waals surface area contributed by atoms with Gasteiger partial charge in [0.2, 0.25) is 0 Å². The molecule has 0 saturated heterocycles. The smallest absolute Gasteiger partial charge is 0.127 e. The first kappa shape index (κ1) is 12.6. The predicted octanol–water partition coefficient (Wildman–Crippen LogP) is 1.82. The number of rotatable bonds is 6. The number of hydrogen-bond acceptors (Lipinski definition) is 4. The molecule has 2 N–H and O–H groups in total. The number of ether oxygens (including phenoxy) is 3. The lowest BCUT2D eigenvalue weighted by Gasteiger charge is -2.15. The first-order chi connectivity index (χ1) is 7.69. The van der Waals surface area contributed by atoms with E-state index in [9.17, 15) is 0 Å². The molecule has 0 aliphatic rings. The van der Waals surface area contributed by atoms with Gasteiger partial charge in [0.1, 0.15) is 17.2 Å². The minimum absolute atomic E-state index is 0.0850. The largest absolute Gasteiger partial charge is 0.496 e. The maximum atomic E-state index is 5.70. The average Bonchev–Trinajstić information content (AvgIpc) is 2.28. The van der Waals surface area contributed by atoms with Gasteiger partial charge in [0.05, 0.1) is 20.3 Å². The number of benzene rings is 1. The molecule has 90 valence electrons. The summed E-state index contributed by atoms with van der Waals surface area (Å²) in [6.45, 7) is 2.60. The SMILES string of the molecule is COc1cc(OC)cc(OC(C)CCN)c1. The van der Waals surface area contributed by atoms with E-state index in [0.29, 0.717) is 18.0 Å². The fraction of sp³-hybridized carbons (Fsp3) is 0.500. The van der Waals surface area contributed by atoms with Gasteiger partial charge in [-0.05, 0) is 19.9 Å². The zero-order valence-corrected chi connectivity index (χ0v) is 10.0. The standard InChI is InChI=1S/C12H19NO3/c1-9(4-5-13)16-12-7-10(14-2)6-11(8-12)15-3/h6-9H,4-5,13H2,1-3H3. The van der Waals surface area contributed by atoms with Crippen LogP contribution in [0.3, 0.4) is 0 Å². The molecule has 0 heterocycles. The van der Waals surface area contributed by atoms with Gasteiger partial charge in [0, 0.05) is 18.2 Å². The second-order valence-electron chi connectivity index (χ2n) is 3.55. The third kappa shape index (κ3) is 3.62. The van der Waals surface area contributed by atoms with Crippen molar-refractivity contribution in [3.8, 4) is 17.2 Å². The summed E-state index contributed by atoms with van der Waals surface area (Å²) in [4.78, 5) is 0. The molecule has 0 spiro atoms. The van der Waals surface area contributed by atoms with E-state index in [2.05, 4.69) is 0 Å². The highest BCUT2D eigenvalue weighted by Crippen LogP contribution is 2.28. The Labute approximate surface area is 96.3 Å². The average molecular weight is 225 g/mol. The van der Waals surface area contributed by atoms with Gasteiger partial charge in [0.25, 0.3) is 0 Å². The number of methoxy groups -OCH3 is 2. The van der Waals surface area contributed by atoms with Crippen molar-refractivity contribution in [2.75, 3.05) is 20.8 Å². The van der Waals surface area contributed by atoms with Crippen molar-refractivity contribution < 1.29 is 14.2 Å². The fourth-order valence-corrected chi connectivity index (χ4v) is 1.38. The van der Waals surface area contributed by atoms with Crippen LogP contribution in [-0.2, 0) is 0 Å². The molecule has 4 nitrogen and oxygen atoms in total. The first-order valence-corrected chi connectivity index (χ1v) is 5.29. The van der Waals surface area contributed by atoms with Gasteiger partial charge < -0.3 is 19.9 Å². The molecule has 1 aromatic carbocycles. The molecule has 1 aromatic rings. The predicted molar refractivity (Wildman–Crippen MR) is 63.3 cm³/mol. The molecule has 0 aromatic heterocycles. The van der Waals surface area contributed by atoms with Crippen LogP contribution in [0.15, 0.2) is 18.2 Å². The van der Waals surface area contributed by atoms with Crippen molar-refractivity contribution in [2.45, 2.75) is 19.4 Å². The summed E-state index contributed by atoms with van der Waals surface area (Å²) in [7, 11) is 3.23. The Morgan fingerprint density at radius 1 is 1.06 bits per heavy atom. The second kappa shape index (κ2) is 6.23. The molecular weight excluding hydrogens is 206 g/mol. The molecule has 1 unspecified atom stereocenters. The zero-order chi connectivity index (χ0) is 12.0. The molecule has 0 aliphatic heterocycles. The highest BCUT2D eigenvalue weighted by Gasteiger charge is 2.06. The van der Waals surface area contributed by atoms with E-state index in [1.54, 1.807) is 20.3 Å². The highest BCUT2D eigenvalue weighted by molar-refractivity contribution is 5.42. The third-order valence-electron chi connectivity index (χ3n) is 2.24.